The number of nitrogens with two attached hydrogens (primary N) is 1. The molecule has 0 spiro atoms. The van der Waals surface area contributed by atoms with Crippen molar-refractivity contribution >= 4 is 28.7 Å². The van der Waals surface area contributed by atoms with Gasteiger partial charge in [0.2, 0.25) is 0 Å². The molecule has 0 unspecified atom stereocenters. The molecule has 8 heteroatoms. The van der Waals surface area contributed by atoms with Gasteiger partial charge in [0.15, 0.2) is 5.69 Å². The third kappa shape index (κ3) is 4.07. The molecule has 2 heterocycles. The number of hydrogen-bond donors (Lipinski definition) is 2. The minimum Gasteiger partial charge on any atom is -0.383 e. The molecule has 2 rings (SSSR count). The highest BCUT2D eigenvalue weighted by Gasteiger charge is 2.27. The Balaban J connectivity index is 2.65. The van der Waals surface area contributed by atoms with E-state index in [1.54, 1.807) is 0 Å². The lowest BCUT2D eigenvalue weighted by Gasteiger charge is -2.26. The maximum atomic E-state index is 13.1. The van der Waals surface area contributed by atoms with Crippen molar-refractivity contribution < 1.29 is 4.79 Å². The van der Waals surface area contributed by atoms with Crippen molar-refractivity contribution in [1.82, 2.24) is 9.55 Å². The lowest BCUT2D eigenvalue weighted by atomic mass is 10.1. The standard InChI is InChI=1S/C18H26N4O3S/c1-10(2)8-21(17(24)14-12(5)6-7-26-14)13-15(19)22(9-11(3)4)18(25)20-16(13)23/h6-7,10-11H,8-9,19H2,1-5H3,(H,20,23,25). The van der Waals surface area contributed by atoms with Crippen LogP contribution < -0.4 is 21.9 Å². The summed E-state index contributed by atoms with van der Waals surface area (Å²) >= 11 is 1.32. The topological polar surface area (TPSA) is 101 Å². The van der Waals surface area contributed by atoms with Crippen LogP contribution in [0.4, 0.5) is 11.5 Å². The number of nitrogen functional groups attached to an aromatic ring is 1. The van der Waals surface area contributed by atoms with Gasteiger partial charge in [-0.25, -0.2) is 4.79 Å². The zero-order chi connectivity index (χ0) is 19.6. The summed E-state index contributed by atoms with van der Waals surface area (Å²) in [6.45, 7) is 10.3. The van der Waals surface area contributed by atoms with Gasteiger partial charge in [0.25, 0.3) is 11.5 Å². The Morgan fingerprint density at radius 2 is 1.92 bits per heavy atom. The van der Waals surface area contributed by atoms with Crippen molar-refractivity contribution in [3.05, 3.63) is 42.7 Å². The predicted octanol–water partition coefficient (Wildman–Crippen LogP) is 2.45. The number of hydrogen-bond acceptors (Lipinski definition) is 5. The van der Waals surface area contributed by atoms with Crippen molar-refractivity contribution in [2.24, 2.45) is 11.8 Å². The van der Waals surface area contributed by atoms with Gasteiger partial charge in [-0.05, 0) is 35.8 Å². The van der Waals surface area contributed by atoms with Gasteiger partial charge in [-0.15, -0.1) is 11.3 Å². The van der Waals surface area contributed by atoms with Gasteiger partial charge >= 0.3 is 5.69 Å². The zero-order valence-electron chi connectivity index (χ0n) is 15.8. The first-order valence-corrected chi connectivity index (χ1v) is 9.50. The molecule has 0 saturated carbocycles. The van der Waals surface area contributed by atoms with Gasteiger partial charge in [-0.2, -0.15) is 0 Å². The van der Waals surface area contributed by atoms with Crippen LogP contribution in [0.3, 0.4) is 0 Å². The summed E-state index contributed by atoms with van der Waals surface area (Å²) < 4.78 is 1.32. The van der Waals surface area contributed by atoms with E-state index in [0.717, 1.165) is 5.56 Å². The lowest BCUT2D eigenvalue weighted by Crippen LogP contribution is -2.43. The number of nitrogens with one attached hydrogen (secondary N) is 1. The Morgan fingerprint density at radius 3 is 2.42 bits per heavy atom. The molecule has 2 aromatic rings. The first-order valence-electron chi connectivity index (χ1n) is 8.62. The highest BCUT2D eigenvalue weighted by Crippen LogP contribution is 2.25. The molecule has 0 aliphatic carbocycles. The summed E-state index contributed by atoms with van der Waals surface area (Å²) in [5.74, 6) is 0.0137. The fourth-order valence-electron chi connectivity index (χ4n) is 2.74. The summed E-state index contributed by atoms with van der Waals surface area (Å²) in [6, 6.07) is 1.86. The predicted molar refractivity (Wildman–Crippen MR) is 106 cm³/mol. The van der Waals surface area contributed by atoms with E-state index in [2.05, 4.69) is 4.98 Å². The van der Waals surface area contributed by atoms with Gasteiger partial charge < -0.3 is 5.73 Å². The minimum atomic E-state index is -0.643. The molecular formula is C18H26N4O3S. The fourth-order valence-corrected chi connectivity index (χ4v) is 3.61. The largest absolute Gasteiger partial charge is 0.383 e. The number of aromatic amines is 1. The summed E-state index contributed by atoms with van der Waals surface area (Å²) in [5.41, 5.74) is 5.87. The second kappa shape index (κ2) is 7.90. The van der Waals surface area contributed by atoms with Crippen LogP contribution in [0.5, 0.6) is 0 Å². The molecule has 7 nitrogen and oxygen atoms in total. The molecule has 142 valence electrons. The van der Waals surface area contributed by atoms with Crippen LogP contribution >= 0.6 is 11.3 Å². The maximum Gasteiger partial charge on any atom is 0.330 e. The summed E-state index contributed by atoms with van der Waals surface area (Å²) in [4.78, 5) is 42.1. The first-order chi connectivity index (χ1) is 12.1. The van der Waals surface area contributed by atoms with Crippen LogP contribution in [0.1, 0.15) is 42.9 Å². The van der Waals surface area contributed by atoms with Crippen LogP contribution in [-0.4, -0.2) is 22.0 Å². The van der Waals surface area contributed by atoms with Crippen LogP contribution in [0, 0.1) is 18.8 Å². The number of amides is 1. The van der Waals surface area contributed by atoms with E-state index in [1.807, 2.05) is 46.1 Å². The second-order valence-electron chi connectivity index (χ2n) is 7.24. The molecule has 26 heavy (non-hydrogen) atoms. The van der Waals surface area contributed by atoms with Crippen molar-refractivity contribution in [3.8, 4) is 0 Å². The molecule has 0 bridgehead atoms. The molecule has 2 aromatic heterocycles. The molecule has 0 atom stereocenters. The average molecular weight is 378 g/mol. The van der Waals surface area contributed by atoms with Gasteiger partial charge in [-0.3, -0.25) is 24.0 Å². The Hall–Kier alpha value is -2.35. The second-order valence-corrected chi connectivity index (χ2v) is 8.16. The van der Waals surface area contributed by atoms with E-state index in [9.17, 15) is 14.4 Å². The van der Waals surface area contributed by atoms with E-state index in [0.29, 0.717) is 18.0 Å². The van der Waals surface area contributed by atoms with Gasteiger partial charge in [0.1, 0.15) is 5.82 Å². The van der Waals surface area contributed by atoms with Crippen molar-refractivity contribution in [3.63, 3.8) is 0 Å². The van der Waals surface area contributed by atoms with Crippen molar-refractivity contribution in [2.45, 2.75) is 41.2 Å². The van der Waals surface area contributed by atoms with Crippen molar-refractivity contribution in [1.29, 1.82) is 0 Å². The zero-order valence-corrected chi connectivity index (χ0v) is 16.6. The summed E-state index contributed by atoms with van der Waals surface area (Å²) in [7, 11) is 0. The Kier molecular flexibility index (Phi) is 6.07. The number of anilines is 2. The van der Waals surface area contributed by atoms with E-state index in [-0.39, 0.29) is 29.2 Å². The number of aryl methyl sites for hydroxylation is 1. The number of carbonyl (C=O) groups is 1. The molecule has 0 fully saturated rings. The normalized spacial score (nSPS) is 11.3. The monoisotopic (exact) mass is 378 g/mol. The molecule has 0 saturated heterocycles. The third-order valence-corrected chi connectivity index (χ3v) is 4.89. The highest BCUT2D eigenvalue weighted by atomic mass is 32.1. The number of aromatic nitrogens is 2. The van der Waals surface area contributed by atoms with Crippen LogP contribution in [0.25, 0.3) is 0 Å². The van der Waals surface area contributed by atoms with Crippen LogP contribution in [-0.2, 0) is 6.54 Å². The number of thiophene rings is 1. The lowest BCUT2D eigenvalue weighted by molar-refractivity contribution is 0.0987. The smallest absolute Gasteiger partial charge is 0.330 e. The summed E-state index contributed by atoms with van der Waals surface area (Å²) in [6.07, 6.45) is 0. The average Bonchev–Trinajstić information content (AvgIpc) is 2.95. The number of rotatable bonds is 6. The Labute approximate surface area is 156 Å². The molecular weight excluding hydrogens is 352 g/mol. The molecule has 0 radical (unpaired) electrons. The Morgan fingerprint density at radius 1 is 1.27 bits per heavy atom. The van der Waals surface area contributed by atoms with E-state index >= 15 is 0 Å². The molecule has 0 aliphatic heterocycles. The maximum absolute atomic E-state index is 13.1. The Bertz CT molecular complexity index is 908. The first kappa shape index (κ1) is 20.0. The SMILES string of the molecule is Cc1ccsc1C(=O)N(CC(C)C)c1c(N)n(CC(C)C)c(=O)[nH]c1=O. The van der Waals surface area contributed by atoms with Crippen LogP contribution in [0.15, 0.2) is 21.0 Å². The number of nitrogens with zero attached hydrogens (tertiary/aromatic N) is 2. The van der Waals surface area contributed by atoms with Crippen LogP contribution in [0.2, 0.25) is 0 Å². The van der Waals surface area contributed by atoms with E-state index in [4.69, 9.17) is 5.73 Å². The number of carbonyl (C=O) groups excluding carboxylic acids is 1. The minimum absolute atomic E-state index is 0.0238. The van der Waals surface area contributed by atoms with Gasteiger partial charge in [0.05, 0.1) is 4.88 Å². The van der Waals surface area contributed by atoms with E-state index < -0.39 is 11.2 Å². The quantitative estimate of drug-likeness (QED) is 0.806. The van der Waals surface area contributed by atoms with Crippen molar-refractivity contribution in [2.75, 3.05) is 17.2 Å². The molecule has 3 N–H and O–H groups in total. The highest BCUT2D eigenvalue weighted by molar-refractivity contribution is 7.12. The summed E-state index contributed by atoms with van der Waals surface area (Å²) in [5, 5.41) is 1.84. The van der Waals surface area contributed by atoms with E-state index in [1.165, 1.54) is 20.8 Å². The number of H-pyrrole nitrogens is 1. The third-order valence-electron chi connectivity index (χ3n) is 3.88. The van der Waals surface area contributed by atoms with Gasteiger partial charge in [-0.1, -0.05) is 27.7 Å². The molecule has 0 aliphatic rings. The molecule has 1 amide bonds. The molecule has 0 aromatic carbocycles. The fraction of sp³-hybridized carbons (Fsp3) is 0.500. The van der Waals surface area contributed by atoms with Gasteiger partial charge in [0, 0.05) is 13.1 Å².